The van der Waals surface area contributed by atoms with Crippen LogP contribution in [0.2, 0.25) is 0 Å². The largest absolute Gasteiger partial charge is 0.362 e. The van der Waals surface area contributed by atoms with E-state index in [1.807, 2.05) is 0 Å². The standard InChI is InChI=1S/C13H16BrN5/c1-8-3-5-10(6-4-8)9(2)17-12-11(14)7-16-13(18-12)19-15/h3-7,9H,15H2,1-2H3,(H2,16,17,18,19). The molecule has 5 nitrogen and oxygen atoms in total. The van der Waals surface area contributed by atoms with Crippen molar-refractivity contribution >= 4 is 27.7 Å². The Bertz CT molecular complexity index is 555. The summed E-state index contributed by atoms with van der Waals surface area (Å²) in [4.78, 5) is 8.28. The maximum Gasteiger partial charge on any atom is 0.239 e. The minimum absolute atomic E-state index is 0.137. The Labute approximate surface area is 120 Å². The van der Waals surface area contributed by atoms with E-state index in [1.54, 1.807) is 6.20 Å². The molecule has 100 valence electrons. The number of rotatable bonds is 4. The Balaban J connectivity index is 2.18. The SMILES string of the molecule is Cc1ccc(C(C)Nc2nc(NN)ncc2Br)cc1. The van der Waals surface area contributed by atoms with Crippen molar-refractivity contribution in [2.24, 2.45) is 5.84 Å². The fourth-order valence-corrected chi connectivity index (χ4v) is 1.99. The van der Waals surface area contributed by atoms with Crippen LogP contribution in [0.5, 0.6) is 0 Å². The Kier molecular flexibility index (Phi) is 4.34. The molecule has 0 saturated heterocycles. The van der Waals surface area contributed by atoms with Gasteiger partial charge < -0.3 is 5.32 Å². The number of aromatic nitrogens is 2. The third-order valence-electron chi connectivity index (χ3n) is 2.80. The van der Waals surface area contributed by atoms with Gasteiger partial charge in [0.25, 0.3) is 0 Å². The van der Waals surface area contributed by atoms with E-state index in [0.29, 0.717) is 11.8 Å². The van der Waals surface area contributed by atoms with Crippen LogP contribution in [0.15, 0.2) is 34.9 Å². The summed E-state index contributed by atoms with van der Waals surface area (Å²) < 4.78 is 0.797. The van der Waals surface area contributed by atoms with Crippen molar-refractivity contribution in [3.05, 3.63) is 46.1 Å². The molecule has 0 aliphatic rings. The molecule has 19 heavy (non-hydrogen) atoms. The summed E-state index contributed by atoms with van der Waals surface area (Å²) >= 11 is 3.42. The third kappa shape index (κ3) is 3.42. The molecule has 6 heteroatoms. The van der Waals surface area contributed by atoms with Crippen LogP contribution in [-0.2, 0) is 0 Å². The number of hydrogen-bond donors (Lipinski definition) is 3. The Morgan fingerprint density at radius 2 is 1.95 bits per heavy atom. The molecule has 0 spiro atoms. The smallest absolute Gasteiger partial charge is 0.239 e. The van der Waals surface area contributed by atoms with Gasteiger partial charge in [0.2, 0.25) is 5.95 Å². The zero-order valence-corrected chi connectivity index (χ0v) is 12.4. The lowest BCUT2D eigenvalue weighted by Crippen LogP contribution is -2.13. The maximum atomic E-state index is 5.31. The molecule has 1 unspecified atom stereocenters. The maximum absolute atomic E-state index is 5.31. The molecule has 0 radical (unpaired) electrons. The molecule has 0 bridgehead atoms. The molecule has 1 aromatic carbocycles. The summed E-state index contributed by atoms with van der Waals surface area (Å²) in [5.74, 6) is 6.39. The summed E-state index contributed by atoms with van der Waals surface area (Å²) in [5.41, 5.74) is 4.87. The molecular formula is C13H16BrN5. The van der Waals surface area contributed by atoms with E-state index in [-0.39, 0.29) is 6.04 Å². The number of nitrogen functional groups attached to an aromatic ring is 1. The van der Waals surface area contributed by atoms with E-state index < -0.39 is 0 Å². The molecule has 2 rings (SSSR count). The van der Waals surface area contributed by atoms with Gasteiger partial charge in [-0.3, -0.25) is 5.43 Å². The number of aryl methyl sites for hydroxylation is 1. The van der Waals surface area contributed by atoms with Crippen LogP contribution in [0.25, 0.3) is 0 Å². The Hall–Kier alpha value is -1.66. The molecule has 1 atom stereocenters. The minimum atomic E-state index is 0.137. The van der Waals surface area contributed by atoms with Crippen LogP contribution in [-0.4, -0.2) is 9.97 Å². The summed E-state index contributed by atoms with van der Waals surface area (Å²) in [6.45, 7) is 4.15. The molecule has 0 aliphatic carbocycles. The highest BCUT2D eigenvalue weighted by molar-refractivity contribution is 9.10. The van der Waals surface area contributed by atoms with Gasteiger partial charge in [-0.2, -0.15) is 4.98 Å². The first-order chi connectivity index (χ1) is 9.10. The highest BCUT2D eigenvalue weighted by atomic mass is 79.9. The van der Waals surface area contributed by atoms with Crippen molar-refractivity contribution in [2.75, 3.05) is 10.7 Å². The van der Waals surface area contributed by atoms with Crippen molar-refractivity contribution in [2.45, 2.75) is 19.9 Å². The van der Waals surface area contributed by atoms with E-state index in [9.17, 15) is 0 Å². The van der Waals surface area contributed by atoms with Crippen LogP contribution in [0.1, 0.15) is 24.1 Å². The zero-order valence-electron chi connectivity index (χ0n) is 10.8. The second-order valence-corrected chi connectivity index (χ2v) is 5.17. The summed E-state index contributed by atoms with van der Waals surface area (Å²) in [7, 11) is 0. The predicted molar refractivity (Wildman–Crippen MR) is 80.8 cm³/mol. The molecule has 4 N–H and O–H groups in total. The topological polar surface area (TPSA) is 75.9 Å². The summed E-state index contributed by atoms with van der Waals surface area (Å²) in [6, 6.07) is 8.52. The lowest BCUT2D eigenvalue weighted by Gasteiger charge is -2.16. The second kappa shape index (κ2) is 5.99. The van der Waals surface area contributed by atoms with Crippen LogP contribution in [0.4, 0.5) is 11.8 Å². The zero-order chi connectivity index (χ0) is 13.8. The monoisotopic (exact) mass is 321 g/mol. The first-order valence-electron chi connectivity index (χ1n) is 5.92. The van der Waals surface area contributed by atoms with Gasteiger partial charge in [0.1, 0.15) is 5.82 Å². The van der Waals surface area contributed by atoms with Crippen molar-refractivity contribution in [3.63, 3.8) is 0 Å². The van der Waals surface area contributed by atoms with Gasteiger partial charge in [0.15, 0.2) is 0 Å². The number of benzene rings is 1. The van der Waals surface area contributed by atoms with Crippen molar-refractivity contribution < 1.29 is 0 Å². The molecule has 0 saturated carbocycles. The number of nitrogens with one attached hydrogen (secondary N) is 2. The second-order valence-electron chi connectivity index (χ2n) is 4.31. The average molecular weight is 322 g/mol. The molecule has 0 fully saturated rings. The first-order valence-corrected chi connectivity index (χ1v) is 6.71. The van der Waals surface area contributed by atoms with Crippen molar-refractivity contribution in [1.82, 2.24) is 9.97 Å². The number of nitrogens with two attached hydrogens (primary N) is 1. The molecule has 0 aliphatic heterocycles. The first kappa shape index (κ1) is 13.8. The van der Waals surface area contributed by atoms with Crippen molar-refractivity contribution in [1.29, 1.82) is 0 Å². The lowest BCUT2D eigenvalue weighted by atomic mass is 10.1. The van der Waals surface area contributed by atoms with Crippen LogP contribution >= 0.6 is 15.9 Å². The van der Waals surface area contributed by atoms with Gasteiger partial charge in [0.05, 0.1) is 4.47 Å². The van der Waals surface area contributed by atoms with E-state index in [4.69, 9.17) is 5.84 Å². The van der Waals surface area contributed by atoms with E-state index in [2.05, 4.69) is 74.8 Å². The predicted octanol–water partition coefficient (Wildman–Crippen LogP) is 3.01. The molecule has 1 heterocycles. The van der Waals surface area contributed by atoms with Gasteiger partial charge >= 0.3 is 0 Å². The quantitative estimate of drug-likeness (QED) is 0.596. The fourth-order valence-electron chi connectivity index (χ4n) is 1.68. The van der Waals surface area contributed by atoms with Gasteiger partial charge in [0, 0.05) is 12.2 Å². The van der Waals surface area contributed by atoms with E-state index >= 15 is 0 Å². The van der Waals surface area contributed by atoms with Gasteiger partial charge in [-0.1, -0.05) is 29.8 Å². The fraction of sp³-hybridized carbons (Fsp3) is 0.231. The average Bonchev–Trinajstić information content (AvgIpc) is 2.42. The molecular weight excluding hydrogens is 306 g/mol. The normalized spacial score (nSPS) is 12.0. The highest BCUT2D eigenvalue weighted by Gasteiger charge is 2.09. The molecule has 1 aromatic heterocycles. The van der Waals surface area contributed by atoms with Crippen molar-refractivity contribution in [3.8, 4) is 0 Å². The highest BCUT2D eigenvalue weighted by Crippen LogP contribution is 2.25. The van der Waals surface area contributed by atoms with E-state index in [0.717, 1.165) is 4.47 Å². The Morgan fingerprint density at radius 1 is 1.26 bits per heavy atom. The van der Waals surface area contributed by atoms with Gasteiger partial charge in [-0.15, -0.1) is 0 Å². The number of nitrogens with zero attached hydrogens (tertiary/aromatic N) is 2. The number of hydrazine groups is 1. The van der Waals surface area contributed by atoms with Crippen LogP contribution < -0.4 is 16.6 Å². The number of halogens is 1. The van der Waals surface area contributed by atoms with Crippen LogP contribution in [0, 0.1) is 6.92 Å². The number of anilines is 2. The van der Waals surface area contributed by atoms with Crippen LogP contribution in [0.3, 0.4) is 0 Å². The third-order valence-corrected chi connectivity index (χ3v) is 3.38. The Morgan fingerprint density at radius 3 is 2.58 bits per heavy atom. The lowest BCUT2D eigenvalue weighted by molar-refractivity contribution is 0.869. The van der Waals surface area contributed by atoms with E-state index in [1.165, 1.54) is 11.1 Å². The number of hydrogen-bond acceptors (Lipinski definition) is 5. The molecule has 2 aromatic rings. The summed E-state index contributed by atoms with van der Waals surface area (Å²) in [6.07, 6.45) is 1.66. The minimum Gasteiger partial charge on any atom is -0.362 e. The van der Waals surface area contributed by atoms with Gasteiger partial charge in [-0.25, -0.2) is 10.8 Å². The summed E-state index contributed by atoms with van der Waals surface area (Å²) in [5, 5.41) is 3.33. The molecule has 0 amide bonds. The van der Waals surface area contributed by atoms with Gasteiger partial charge in [-0.05, 0) is 35.3 Å².